The smallest absolute Gasteiger partial charge is 0.251 e. The first kappa shape index (κ1) is 20.3. The molecule has 160 valence electrons. The minimum Gasteiger partial charge on any atom is -0.368 e. The lowest BCUT2D eigenvalue weighted by atomic mass is 10.2. The first-order valence-corrected chi connectivity index (χ1v) is 10.3. The first-order valence-electron chi connectivity index (χ1n) is 10.3. The normalized spacial score (nSPS) is 19.9. The summed E-state index contributed by atoms with van der Waals surface area (Å²) < 4.78 is 21.6. The van der Waals surface area contributed by atoms with Crippen molar-refractivity contribution >= 4 is 11.9 Å². The molecule has 1 aromatic heterocycles. The topological polar surface area (TPSA) is 75.0 Å². The zero-order chi connectivity index (χ0) is 20.9. The van der Waals surface area contributed by atoms with E-state index in [1.165, 1.54) is 6.07 Å². The fourth-order valence-electron chi connectivity index (χ4n) is 3.90. The molecule has 9 heteroatoms. The van der Waals surface area contributed by atoms with Crippen LogP contribution in [0.15, 0.2) is 41.9 Å². The number of piperazine rings is 1. The Labute approximate surface area is 175 Å². The Morgan fingerprint density at radius 3 is 2.73 bits per heavy atom. The molecule has 8 nitrogen and oxygen atoms in total. The highest BCUT2D eigenvalue weighted by molar-refractivity contribution is 5.82. The number of ether oxygens (including phenoxy) is 1. The summed E-state index contributed by atoms with van der Waals surface area (Å²) in [5.74, 6) is 0.547. The fraction of sp³-hybridized carbons (Fsp3) is 0.476. The van der Waals surface area contributed by atoms with E-state index in [1.54, 1.807) is 36.4 Å². The summed E-state index contributed by atoms with van der Waals surface area (Å²) in [6, 6.07) is 5.15. The molecular formula is C21H27FN6O2. The second kappa shape index (κ2) is 9.25. The van der Waals surface area contributed by atoms with Gasteiger partial charge in [0.15, 0.2) is 5.96 Å². The van der Waals surface area contributed by atoms with Gasteiger partial charge in [0.05, 0.1) is 12.0 Å². The number of carbonyl (C=O) groups is 1. The second-order valence-corrected chi connectivity index (χ2v) is 7.47. The van der Waals surface area contributed by atoms with Crippen LogP contribution in [-0.4, -0.2) is 77.2 Å². The molecule has 4 rings (SSSR count). The van der Waals surface area contributed by atoms with Crippen molar-refractivity contribution in [3.63, 3.8) is 0 Å². The van der Waals surface area contributed by atoms with Crippen LogP contribution in [0.25, 0.3) is 5.69 Å². The Bertz CT molecular complexity index is 887. The third-order valence-corrected chi connectivity index (χ3v) is 5.55. The average Bonchev–Trinajstić information content (AvgIpc) is 3.49. The molecular weight excluding hydrogens is 387 g/mol. The third kappa shape index (κ3) is 4.46. The monoisotopic (exact) mass is 414 g/mol. The Morgan fingerprint density at radius 2 is 2.10 bits per heavy atom. The van der Waals surface area contributed by atoms with Gasteiger partial charge in [0.2, 0.25) is 0 Å². The predicted octanol–water partition coefficient (Wildman–Crippen LogP) is 1.41. The van der Waals surface area contributed by atoms with E-state index >= 15 is 0 Å². The molecule has 0 saturated carbocycles. The van der Waals surface area contributed by atoms with Crippen LogP contribution in [0.4, 0.5) is 4.39 Å². The predicted molar refractivity (Wildman–Crippen MR) is 111 cm³/mol. The highest BCUT2D eigenvalue weighted by Crippen LogP contribution is 2.17. The van der Waals surface area contributed by atoms with Gasteiger partial charge in [-0.05, 0) is 30.5 Å². The van der Waals surface area contributed by atoms with E-state index in [9.17, 15) is 9.18 Å². The molecule has 0 bridgehead atoms. The maximum atomic E-state index is 14.5. The summed E-state index contributed by atoms with van der Waals surface area (Å²) in [6.07, 6.45) is 6.40. The van der Waals surface area contributed by atoms with Gasteiger partial charge in [-0.2, -0.15) is 0 Å². The minimum atomic E-state index is -0.302. The Kier molecular flexibility index (Phi) is 6.27. The number of rotatable bonds is 4. The molecule has 1 unspecified atom stereocenters. The summed E-state index contributed by atoms with van der Waals surface area (Å²) >= 11 is 0. The van der Waals surface area contributed by atoms with Gasteiger partial charge < -0.3 is 24.4 Å². The SMILES string of the molecule is CN=C(NCc1ccc(-n2ccnc2)c(F)c1)N1CCN(C(=O)C2CCCO2)CC1. The molecule has 2 aliphatic rings. The molecule has 1 aromatic carbocycles. The lowest BCUT2D eigenvalue weighted by Crippen LogP contribution is -2.55. The van der Waals surface area contributed by atoms with Crippen molar-refractivity contribution in [3.8, 4) is 5.69 Å². The number of carbonyl (C=O) groups excluding carboxylic acids is 1. The van der Waals surface area contributed by atoms with Gasteiger partial charge in [-0.15, -0.1) is 0 Å². The largest absolute Gasteiger partial charge is 0.368 e. The van der Waals surface area contributed by atoms with Gasteiger partial charge >= 0.3 is 0 Å². The van der Waals surface area contributed by atoms with Crippen LogP contribution in [-0.2, 0) is 16.1 Å². The lowest BCUT2D eigenvalue weighted by Gasteiger charge is -2.37. The summed E-state index contributed by atoms with van der Waals surface area (Å²) in [4.78, 5) is 24.8. The van der Waals surface area contributed by atoms with Gasteiger partial charge in [0.25, 0.3) is 5.91 Å². The first-order chi connectivity index (χ1) is 14.7. The van der Waals surface area contributed by atoms with Crippen LogP contribution in [0.5, 0.6) is 0 Å². The van der Waals surface area contributed by atoms with Gasteiger partial charge in [0.1, 0.15) is 11.9 Å². The maximum Gasteiger partial charge on any atom is 0.251 e. The number of aromatic nitrogens is 2. The molecule has 0 aliphatic carbocycles. The summed E-state index contributed by atoms with van der Waals surface area (Å²) in [7, 11) is 1.73. The fourth-order valence-corrected chi connectivity index (χ4v) is 3.90. The van der Waals surface area contributed by atoms with E-state index in [2.05, 4.69) is 20.2 Å². The molecule has 0 radical (unpaired) electrons. The number of halogens is 1. The van der Waals surface area contributed by atoms with E-state index in [-0.39, 0.29) is 17.8 Å². The number of aliphatic imine (C=N–C) groups is 1. The van der Waals surface area contributed by atoms with Crippen molar-refractivity contribution in [3.05, 3.63) is 48.3 Å². The molecule has 0 spiro atoms. The molecule has 3 heterocycles. The summed E-state index contributed by atoms with van der Waals surface area (Å²) in [5, 5.41) is 3.30. The highest BCUT2D eigenvalue weighted by atomic mass is 19.1. The summed E-state index contributed by atoms with van der Waals surface area (Å²) in [6.45, 7) is 3.83. The minimum absolute atomic E-state index is 0.101. The number of imidazole rings is 1. The number of nitrogens with zero attached hydrogens (tertiary/aromatic N) is 5. The van der Waals surface area contributed by atoms with Gasteiger partial charge in [-0.25, -0.2) is 9.37 Å². The number of amides is 1. The average molecular weight is 414 g/mol. The third-order valence-electron chi connectivity index (χ3n) is 5.55. The van der Waals surface area contributed by atoms with E-state index in [1.807, 2.05) is 11.0 Å². The van der Waals surface area contributed by atoms with Gasteiger partial charge in [0, 0.05) is 58.8 Å². The Hall–Kier alpha value is -2.94. The zero-order valence-electron chi connectivity index (χ0n) is 17.1. The van der Waals surface area contributed by atoms with E-state index in [0.29, 0.717) is 45.0 Å². The quantitative estimate of drug-likeness (QED) is 0.605. The van der Waals surface area contributed by atoms with Crippen molar-refractivity contribution in [2.24, 2.45) is 4.99 Å². The van der Waals surface area contributed by atoms with Crippen molar-refractivity contribution in [2.75, 3.05) is 39.8 Å². The van der Waals surface area contributed by atoms with E-state index in [4.69, 9.17) is 4.74 Å². The van der Waals surface area contributed by atoms with Crippen molar-refractivity contribution in [1.29, 1.82) is 0 Å². The number of hydrogen-bond donors (Lipinski definition) is 1. The van der Waals surface area contributed by atoms with Gasteiger partial charge in [-0.1, -0.05) is 6.07 Å². The maximum absolute atomic E-state index is 14.5. The van der Waals surface area contributed by atoms with E-state index < -0.39 is 0 Å². The summed E-state index contributed by atoms with van der Waals surface area (Å²) in [5.41, 5.74) is 1.29. The Balaban J connectivity index is 1.30. The highest BCUT2D eigenvalue weighted by Gasteiger charge is 2.30. The standard InChI is InChI=1S/C21H27FN6O2/c1-23-21(27-10-8-26(9-11-27)20(29)19-3-2-12-30-19)25-14-16-4-5-18(17(22)13-16)28-7-6-24-15-28/h4-7,13,15,19H,2-3,8-12,14H2,1H3,(H,23,25). The molecule has 2 aromatic rings. The molecule has 1 amide bonds. The number of hydrogen-bond acceptors (Lipinski definition) is 4. The van der Waals surface area contributed by atoms with Crippen LogP contribution in [0, 0.1) is 5.82 Å². The lowest BCUT2D eigenvalue weighted by molar-refractivity contribution is -0.142. The zero-order valence-corrected chi connectivity index (χ0v) is 17.1. The van der Waals surface area contributed by atoms with Crippen LogP contribution in [0.2, 0.25) is 0 Å². The number of benzene rings is 1. The van der Waals surface area contributed by atoms with Gasteiger partial charge in [-0.3, -0.25) is 9.79 Å². The number of guanidine groups is 1. The van der Waals surface area contributed by atoms with Crippen molar-refractivity contribution in [2.45, 2.75) is 25.5 Å². The van der Waals surface area contributed by atoms with Crippen molar-refractivity contribution < 1.29 is 13.9 Å². The van der Waals surface area contributed by atoms with E-state index in [0.717, 1.165) is 24.4 Å². The molecule has 2 saturated heterocycles. The molecule has 2 fully saturated rings. The van der Waals surface area contributed by atoms with Crippen LogP contribution in [0.1, 0.15) is 18.4 Å². The van der Waals surface area contributed by atoms with Crippen LogP contribution in [0.3, 0.4) is 0 Å². The Morgan fingerprint density at radius 1 is 1.30 bits per heavy atom. The number of nitrogens with one attached hydrogen (secondary N) is 1. The van der Waals surface area contributed by atoms with Crippen LogP contribution >= 0.6 is 0 Å². The molecule has 30 heavy (non-hydrogen) atoms. The van der Waals surface area contributed by atoms with Crippen LogP contribution < -0.4 is 5.32 Å². The van der Waals surface area contributed by atoms with Crippen molar-refractivity contribution in [1.82, 2.24) is 24.7 Å². The molecule has 1 N–H and O–H groups in total. The molecule has 1 atom stereocenters. The second-order valence-electron chi connectivity index (χ2n) is 7.47. The molecule has 2 aliphatic heterocycles.